The highest BCUT2D eigenvalue weighted by Crippen LogP contribution is 2.34. The molecule has 164 valence electrons. The number of hydrogen-bond donors (Lipinski definition) is 1. The molecule has 1 aliphatic heterocycles. The van der Waals surface area contributed by atoms with E-state index in [1.54, 1.807) is 16.3 Å². The molecular weight excluding hydrogens is 448 g/mol. The molecule has 1 atom stereocenters. The van der Waals surface area contributed by atoms with Gasteiger partial charge in [-0.1, -0.05) is 49.0 Å². The molecule has 0 saturated carbocycles. The molecule has 1 aliphatic rings. The smallest absolute Gasteiger partial charge is 0.269 e. The molecule has 4 rings (SSSR count). The molecule has 0 radical (unpaired) electrons. The first-order chi connectivity index (χ1) is 15.4. The zero-order chi connectivity index (χ0) is 22.7. The van der Waals surface area contributed by atoms with Crippen molar-refractivity contribution in [2.45, 2.75) is 35.2 Å². The lowest BCUT2D eigenvalue weighted by atomic mass is 10.2. The first kappa shape index (κ1) is 22.1. The predicted octanol–water partition coefficient (Wildman–Crippen LogP) is 3.97. The average Bonchev–Trinajstić information content (AvgIpc) is 3.16. The fourth-order valence-electron chi connectivity index (χ4n) is 3.34. The molecule has 8 nitrogen and oxygen atoms in total. The van der Waals surface area contributed by atoms with Crippen molar-refractivity contribution in [3.63, 3.8) is 0 Å². The van der Waals surface area contributed by atoms with E-state index in [9.17, 15) is 19.7 Å². The van der Waals surface area contributed by atoms with Gasteiger partial charge in [-0.3, -0.25) is 24.3 Å². The normalized spacial score (nSPS) is 14.7. The van der Waals surface area contributed by atoms with Gasteiger partial charge in [0.05, 0.1) is 27.8 Å². The standard InChI is InChI=1S/C22H20N4O4S2/c1-14-11-18-20(32-14)21(28)25(12-15-5-3-2-4-6-15)22(24-18)31-13-19(27)23-16-7-9-17(10-8-16)26(29)30/h2-10,14H,11-13H2,1H3,(H,23,27)/t14-/m1/s1. The van der Waals surface area contributed by atoms with Gasteiger partial charge in [0.15, 0.2) is 5.16 Å². The number of carbonyl (C=O) groups excluding carboxylic acids is 1. The Morgan fingerprint density at radius 3 is 2.66 bits per heavy atom. The molecule has 2 aromatic carbocycles. The van der Waals surface area contributed by atoms with E-state index < -0.39 is 4.92 Å². The molecule has 0 fully saturated rings. The van der Waals surface area contributed by atoms with Crippen LogP contribution in [-0.4, -0.2) is 31.4 Å². The van der Waals surface area contributed by atoms with Crippen LogP contribution >= 0.6 is 23.5 Å². The minimum absolute atomic E-state index is 0.0447. The van der Waals surface area contributed by atoms with Crippen molar-refractivity contribution in [2.24, 2.45) is 0 Å². The van der Waals surface area contributed by atoms with Crippen LogP contribution in [0.15, 0.2) is 69.4 Å². The summed E-state index contributed by atoms with van der Waals surface area (Å²) < 4.78 is 1.63. The van der Waals surface area contributed by atoms with Gasteiger partial charge in [-0.15, -0.1) is 11.8 Å². The maximum absolute atomic E-state index is 13.2. The first-order valence-corrected chi connectivity index (χ1v) is 11.8. The van der Waals surface area contributed by atoms with Crippen LogP contribution in [0.5, 0.6) is 0 Å². The summed E-state index contributed by atoms with van der Waals surface area (Å²) in [7, 11) is 0. The van der Waals surface area contributed by atoms with E-state index in [0.717, 1.165) is 17.7 Å². The maximum atomic E-state index is 13.2. The summed E-state index contributed by atoms with van der Waals surface area (Å²) in [6, 6.07) is 15.3. The lowest BCUT2D eigenvalue weighted by molar-refractivity contribution is -0.384. The van der Waals surface area contributed by atoms with Gasteiger partial charge in [0, 0.05) is 29.5 Å². The van der Waals surface area contributed by atoms with E-state index in [2.05, 4.69) is 12.2 Å². The molecule has 0 spiro atoms. The Morgan fingerprint density at radius 1 is 1.25 bits per heavy atom. The first-order valence-electron chi connectivity index (χ1n) is 9.92. The van der Waals surface area contributed by atoms with Gasteiger partial charge in [-0.05, 0) is 17.7 Å². The molecule has 1 aromatic heterocycles. The number of nitro benzene ring substituents is 1. The minimum atomic E-state index is -0.494. The fourth-order valence-corrected chi connectivity index (χ4v) is 5.27. The van der Waals surface area contributed by atoms with E-state index in [0.29, 0.717) is 27.5 Å². The third-order valence-corrected chi connectivity index (χ3v) is 7.03. The van der Waals surface area contributed by atoms with Crippen LogP contribution in [0.1, 0.15) is 18.2 Å². The topological polar surface area (TPSA) is 107 Å². The third-order valence-electron chi connectivity index (χ3n) is 4.84. The molecule has 1 N–H and O–H groups in total. The lowest BCUT2D eigenvalue weighted by Crippen LogP contribution is -2.26. The Kier molecular flexibility index (Phi) is 6.61. The Bertz CT molecular complexity index is 1210. The summed E-state index contributed by atoms with van der Waals surface area (Å²) in [5.74, 6) is -0.229. The molecule has 0 unspecified atom stereocenters. The second kappa shape index (κ2) is 9.58. The van der Waals surface area contributed by atoms with Crippen LogP contribution in [0.25, 0.3) is 0 Å². The van der Waals surface area contributed by atoms with Gasteiger partial charge in [0.2, 0.25) is 5.91 Å². The molecule has 3 aromatic rings. The van der Waals surface area contributed by atoms with Gasteiger partial charge >= 0.3 is 0 Å². The molecule has 1 amide bonds. The molecular formula is C22H20N4O4S2. The van der Waals surface area contributed by atoms with Gasteiger partial charge < -0.3 is 5.32 Å². The van der Waals surface area contributed by atoms with Gasteiger partial charge in [0.1, 0.15) is 0 Å². The summed E-state index contributed by atoms with van der Waals surface area (Å²) >= 11 is 2.75. The second-order valence-corrected chi connectivity index (χ2v) is 9.71. The van der Waals surface area contributed by atoms with Crippen molar-refractivity contribution in [1.82, 2.24) is 9.55 Å². The predicted molar refractivity (Wildman–Crippen MR) is 126 cm³/mol. The van der Waals surface area contributed by atoms with Gasteiger partial charge in [0.25, 0.3) is 11.2 Å². The zero-order valence-corrected chi connectivity index (χ0v) is 18.8. The lowest BCUT2D eigenvalue weighted by Gasteiger charge is -2.14. The van der Waals surface area contributed by atoms with Crippen molar-refractivity contribution in [2.75, 3.05) is 11.1 Å². The largest absolute Gasteiger partial charge is 0.325 e. The highest BCUT2D eigenvalue weighted by molar-refractivity contribution is 8.00. The molecule has 0 bridgehead atoms. The van der Waals surface area contributed by atoms with Crippen LogP contribution in [0.3, 0.4) is 0 Å². The number of anilines is 1. The number of fused-ring (bicyclic) bond motifs is 1. The summed E-state index contributed by atoms with van der Waals surface area (Å²) in [6.45, 7) is 2.44. The van der Waals surface area contributed by atoms with Crippen molar-refractivity contribution in [1.29, 1.82) is 0 Å². The summed E-state index contributed by atoms with van der Waals surface area (Å²) in [5.41, 5.74) is 2.11. The third kappa shape index (κ3) is 5.03. The Hall–Kier alpha value is -3.11. The number of hydrogen-bond acceptors (Lipinski definition) is 7. The average molecular weight is 469 g/mol. The Morgan fingerprint density at radius 2 is 1.97 bits per heavy atom. The van der Waals surface area contributed by atoms with Crippen molar-refractivity contribution < 1.29 is 9.72 Å². The van der Waals surface area contributed by atoms with Crippen LogP contribution in [0, 0.1) is 10.1 Å². The number of rotatable bonds is 7. The number of aromatic nitrogens is 2. The van der Waals surface area contributed by atoms with Crippen molar-refractivity contribution >= 4 is 40.8 Å². The number of thioether (sulfide) groups is 2. The van der Waals surface area contributed by atoms with Gasteiger partial charge in [-0.2, -0.15) is 0 Å². The van der Waals surface area contributed by atoms with Crippen LogP contribution in [0.2, 0.25) is 0 Å². The van der Waals surface area contributed by atoms with E-state index in [1.165, 1.54) is 36.0 Å². The summed E-state index contributed by atoms with van der Waals surface area (Å²) in [4.78, 5) is 41.3. The second-order valence-electron chi connectivity index (χ2n) is 7.32. The molecule has 0 saturated heterocycles. The maximum Gasteiger partial charge on any atom is 0.269 e. The molecule has 10 heteroatoms. The van der Waals surface area contributed by atoms with Crippen LogP contribution in [0.4, 0.5) is 11.4 Å². The number of non-ortho nitro benzene ring substituents is 1. The van der Waals surface area contributed by atoms with E-state index >= 15 is 0 Å². The highest BCUT2D eigenvalue weighted by Gasteiger charge is 2.26. The van der Waals surface area contributed by atoms with Crippen molar-refractivity contribution in [3.05, 3.63) is 86.3 Å². The monoisotopic (exact) mass is 468 g/mol. The number of amides is 1. The SMILES string of the molecule is C[C@@H]1Cc2nc(SCC(=O)Nc3ccc([N+](=O)[O-])cc3)n(Cc3ccccc3)c(=O)c2S1. The summed E-state index contributed by atoms with van der Waals surface area (Å²) in [6.07, 6.45) is 0.726. The van der Waals surface area contributed by atoms with Crippen LogP contribution < -0.4 is 10.9 Å². The van der Waals surface area contributed by atoms with Crippen molar-refractivity contribution in [3.8, 4) is 0 Å². The minimum Gasteiger partial charge on any atom is -0.325 e. The summed E-state index contributed by atoms with van der Waals surface area (Å²) in [5, 5.41) is 14.3. The molecule has 32 heavy (non-hydrogen) atoms. The highest BCUT2D eigenvalue weighted by atomic mass is 32.2. The van der Waals surface area contributed by atoms with Crippen LogP contribution in [-0.2, 0) is 17.8 Å². The Balaban J connectivity index is 1.52. The Labute approximate surface area is 192 Å². The quantitative estimate of drug-likeness (QED) is 0.242. The van der Waals surface area contributed by atoms with E-state index in [1.807, 2.05) is 30.3 Å². The van der Waals surface area contributed by atoms with E-state index in [4.69, 9.17) is 4.98 Å². The zero-order valence-electron chi connectivity index (χ0n) is 17.2. The number of carbonyl (C=O) groups is 1. The number of nitro groups is 1. The number of nitrogens with one attached hydrogen (secondary N) is 1. The van der Waals surface area contributed by atoms with E-state index in [-0.39, 0.29) is 22.9 Å². The number of nitrogens with zero attached hydrogens (tertiary/aromatic N) is 3. The molecule has 2 heterocycles. The fraction of sp³-hybridized carbons (Fsp3) is 0.227. The number of benzene rings is 2. The van der Waals surface area contributed by atoms with Gasteiger partial charge in [-0.25, -0.2) is 4.98 Å². The molecule has 0 aliphatic carbocycles.